The van der Waals surface area contributed by atoms with Crippen LogP contribution in [-0.4, -0.2) is 48.6 Å². The summed E-state index contributed by atoms with van der Waals surface area (Å²) in [5.41, 5.74) is 2.58. The first kappa shape index (κ1) is 31.0. The van der Waals surface area contributed by atoms with Gasteiger partial charge in [0.1, 0.15) is 5.75 Å². The van der Waals surface area contributed by atoms with Crippen LogP contribution in [-0.2, 0) is 21.4 Å². The number of hydrogen-bond acceptors (Lipinski definition) is 3. The number of fused-ring (bicyclic) bond motifs is 1. The second-order valence-electron chi connectivity index (χ2n) is 13.1. The molecule has 0 radical (unpaired) electrons. The molecule has 2 aromatic rings. The molecule has 1 N–H and O–H groups in total. The van der Waals surface area contributed by atoms with Gasteiger partial charge in [-0.2, -0.15) is 0 Å². The van der Waals surface area contributed by atoms with Gasteiger partial charge in [0, 0.05) is 43.1 Å². The average molecular weight is 560 g/mol. The highest BCUT2D eigenvalue weighted by molar-refractivity contribution is 5.76. The van der Waals surface area contributed by atoms with E-state index in [0.29, 0.717) is 24.0 Å². The summed E-state index contributed by atoms with van der Waals surface area (Å²) in [5.74, 6) is 1.64. The van der Waals surface area contributed by atoms with Gasteiger partial charge in [-0.15, -0.1) is 0 Å². The molecule has 1 aliphatic carbocycles. The number of piperidine rings is 1. The molecule has 1 saturated heterocycles. The summed E-state index contributed by atoms with van der Waals surface area (Å²) in [4.78, 5) is 24.8. The lowest BCUT2D eigenvalue weighted by atomic mass is 9.57. The fraction of sp³-hybridized carbons (Fsp3) is 0.556. The average Bonchev–Trinajstić information content (AvgIpc) is 2.93. The molecule has 1 saturated carbocycles. The number of likely N-dealkylation sites (tertiary alicyclic amines) is 1. The monoisotopic (exact) mass is 559 g/mol. The van der Waals surface area contributed by atoms with Gasteiger partial charge < -0.3 is 14.5 Å². The van der Waals surface area contributed by atoms with Crippen molar-refractivity contribution in [2.75, 3.05) is 26.2 Å². The molecular weight excluding hydrogens is 508 g/mol. The lowest BCUT2D eigenvalue weighted by molar-refractivity contribution is -0.935. The highest BCUT2D eigenvalue weighted by Gasteiger charge is 2.53. The Labute approximate surface area is 248 Å². The van der Waals surface area contributed by atoms with E-state index in [4.69, 9.17) is 4.74 Å². The first-order chi connectivity index (χ1) is 19.7. The SMILES string of the molecule is C=CC[N@@+]1(CC(C)C)CC[C@]2(c3cccc(OC(C)=O)c3)C[C@H](NC(=O)CCCCCc3ccccc3)CCC2C1. The molecule has 5 nitrogen and oxygen atoms in total. The second kappa shape index (κ2) is 14.3. The van der Waals surface area contributed by atoms with Crippen LogP contribution in [0.5, 0.6) is 5.75 Å². The molecule has 0 bridgehead atoms. The van der Waals surface area contributed by atoms with E-state index in [1.807, 2.05) is 12.1 Å². The topological polar surface area (TPSA) is 55.4 Å². The number of aryl methyl sites for hydroxylation is 1. The number of esters is 1. The van der Waals surface area contributed by atoms with Crippen LogP contribution in [0, 0.1) is 11.8 Å². The molecule has 4 rings (SSSR count). The molecule has 5 heteroatoms. The fourth-order valence-electron chi connectivity index (χ4n) is 7.80. The smallest absolute Gasteiger partial charge is 0.308 e. The summed E-state index contributed by atoms with van der Waals surface area (Å²) in [6.07, 6.45) is 11.0. The maximum absolute atomic E-state index is 13.0. The van der Waals surface area contributed by atoms with E-state index in [-0.39, 0.29) is 23.3 Å². The maximum Gasteiger partial charge on any atom is 0.308 e. The normalized spacial score (nSPS) is 25.8. The molecule has 1 heterocycles. The highest BCUT2D eigenvalue weighted by atomic mass is 16.5. The number of hydrogen-bond donors (Lipinski definition) is 1. The van der Waals surface area contributed by atoms with Crippen LogP contribution in [0.25, 0.3) is 0 Å². The van der Waals surface area contributed by atoms with E-state index in [1.165, 1.54) is 18.1 Å². The van der Waals surface area contributed by atoms with E-state index < -0.39 is 0 Å². The summed E-state index contributed by atoms with van der Waals surface area (Å²) < 4.78 is 6.61. The molecule has 2 aliphatic rings. The number of benzene rings is 2. The minimum atomic E-state index is -0.295. The Morgan fingerprint density at radius 3 is 2.63 bits per heavy atom. The molecule has 2 aromatic carbocycles. The lowest BCUT2D eigenvalue weighted by Gasteiger charge is -2.56. The molecule has 222 valence electrons. The molecule has 2 fully saturated rings. The fourth-order valence-corrected chi connectivity index (χ4v) is 7.80. The van der Waals surface area contributed by atoms with Gasteiger partial charge in [0.25, 0.3) is 0 Å². The van der Waals surface area contributed by atoms with E-state index >= 15 is 0 Å². The predicted octanol–water partition coefficient (Wildman–Crippen LogP) is 7.00. The Morgan fingerprint density at radius 2 is 1.90 bits per heavy atom. The zero-order valence-electron chi connectivity index (χ0n) is 25.6. The van der Waals surface area contributed by atoms with Crippen molar-refractivity contribution < 1.29 is 18.8 Å². The zero-order valence-corrected chi connectivity index (χ0v) is 25.6. The summed E-state index contributed by atoms with van der Waals surface area (Å²) in [7, 11) is 0. The Morgan fingerprint density at radius 1 is 1.10 bits per heavy atom. The van der Waals surface area contributed by atoms with Gasteiger partial charge in [-0.05, 0) is 67.9 Å². The van der Waals surface area contributed by atoms with Crippen molar-refractivity contribution in [3.8, 4) is 5.75 Å². The maximum atomic E-state index is 13.0. The molecule has 1 amide bonds. The number of unbranched alkanes of at least 4 members (excludes halogenated alkanes) is 2. The molecule has 41 heavy (non-hydrogen) atoms. The van der Waals surface area contributed by atoms with Gasteiger partial charge in [0.2, 0.25) is 5.91 Å². The Bertz CT molecular complexity index is 1160. The number of ether oxygens (including phenoxy) is 1. The van der Waals surface area contributed by atoms with Crippen LogP contribution in [0.15, 0.2) is 67.3 Å². The van der Waals surface area contributed by atoms with Gasteiger partial charge in [-0.1, -0.05) is 69.3 Å². The molecule has 1 aliphatic heterocycles. The summed E-state index contributed by atoms with van der Waals surface area (Å²) >= 11 is 0. The largest absolute Gasteiger partial charge is 0.427 e. The molecule has 0 aromatic heterocycles. The summed E-state index contributed by atoms with van der Waals surface area (Å²) in [5, 5.41) is 3.43. The zero-order chi connectivity index (χ0) is 29.3. The minimum absolute atomic E-state index is 0.0397. The van der Waals surface area contributed by atoms with Crippen molar-refractivity contribution in [1.29, 1.82) is 0 Å². The number of quaternary nitrogens is 1. The molecule has 0 spiro atoms. The van der Waals surface area contributed by atoms with Crippen LogP contribution in [0.3, 0.4) is 0 Å². The van der Waals surface area contributed by atoms with Gasteiger partial charge in [-0.25, -0.2) is 0 Å². The predicted molar refractivity (Wildman–Crippen MR) is 167 cm³/mol. The van der Waals surface area contributed by atoms with Crippen molar-refractivity contribution in [1.82, 2.24) is 5.32 Å². The van der Waals surface area contributed by atoms with Crippen LogP contribution in [0.2, 0.25) is 0 Å². The minimum Gasteiger partial charge on any atom is -0.427 e. The van der Waals surface area contributed by atoms with Gasteiger partial charge >= 0.3 is 5.97 Å². The number of amides is 1. The van der Waals surface area contributed by atoms with E-state index in [0.717, 1.165) is 82.0 Å². The quantitative estimate of drug-likeness (QED) is 0.0945. The Kier molecular flexibility index (Phi) is 10.8. The van der Waals surface area contributed by atoms with Gasteiger partial charge in [0.05, 0.1) is 26.2 Å². The number of nitrogens with one attached hydrogen (secondary N) is 1. The molecule has 4 atom stereocenters. The van der Waals surface area contributed by atoms with Crippen LogP contribution >= 0.6 is 0 Å². The number of carbonyl (C=O) groups is 2. The van der Waals surface area contributed by atoms with Crippen molar-refractivity contribution in [3.63, 3.8) is 0 Å². The van der Waals surface area contributed by atoms with Crippen molar-refractivity contribution in [3.05, 3.63) is 78.4 Å². The standard InChI is InChI=1S/C36H50N2O3/c1-5-22-38(26-28(2)3)23-21-36(31-16-12-17-34(24-31)41-29(4)39)25-33(20-19-32(36)27-38)37-35(40)18-11-7-10-15-30-13-8-6-9-14-30/h5-6,8-9,12-14,16-17,24,28,32-33H,1,7,10-11,15,18-23,25-27H2,2-4H3/p+1/t32?,33-,36-,38+/m1/s1. The number of rotatable bonds is 13. The third kappa shape index (κ3) is 8.31. The summed E-state index contributed by atoms with van der Waals surface area (Å²) in [6.45, 7) is 14.6. The lowest BCUT2D eigenvalue weighted by Crippen LogP contribution is -2.64. The second-order valence-corrected chi connectivity index (χ2v) is 13.1. The van der Waals surface area contributed by atoms with Gasteiger partial charge in [0.15, 0.2) is 0 Å². The number of carbonyl (C=O) groups excluding carboxylic acids is 2. The Hall–Kier alpha value is -2.92. The number of nitrogens with zero attached hydrogens (tertiary/aromatic N) is 1. The van der Waals surface area contributed by atoms with Crippen molar-refractivity contribution in [2.24, 2.45) is 11.8 Å². The van der Waals surface area contributed by atoms with Crippen molar-refractivity contribution in [2.45, 2.75) is 90.0 Å². The van der Waals surface area contributed by atoms with Crippen molar-refractivity contribution >= 4 is 11.9 Å². The van der Waals surface area contributed by atoms with Crippen LogP contribution in [0.1, 0.15) is 83.3 Å². The third-order valence-electron chi connectivity index (χ3n) is 9.41. The van der Waals surface area contributed by atoms with E-state index in [1.54, 1.807) is 0 Å². The van der Waals surface area contributed by atoms with Crippen LogP contribution in [0.4, 0.5) is 0 Å². The highest BCUT2D eigenvalue weighted by Crippen LogP contribution is 2.51. The molecular formula is C36H51N2O3+. The van der Waals surface area contributed by atoms with Crippen LogP contribution < -0.4 is 10.1 Å². The summed E-state index contributed by atoms with van der Waals surface area (Å²) in [6, 6.07) is 18.9. The first-order valence-corrected chi connectivity index (χ1v) is 15.8. The molecule has 1 unspecified atom stereocenters. The Balaban J connectivity index is 1.44. The van der Waals surface area contributed by atoms with E-state index in [2.05, 4.69) is 74.3 Å². The van der Waals surface area contributed by atoms with E-state index in [9.17, 15) is 9.59 Å². The van der Waals surface area contributed by atoms with Gasteiger partial charge in [-0.3, -0.25) is 9.59 Å². The third-order valence-corrected chi connectivity index (χ3v) is 9.41. The first-order valence-electron chi connectivity index (χ1n) is 15.8.